The molecule has 0 amide bonds. The Morgan fingerprint density at radius 1 is 1.07 bits per heavy atom. The predicted octanol–water partition coefficient (Wildman–Crippen LogP) is 1.11. The van der Waals surface area contributed by atoms with Crippen LogP contribution < -0.4 is 10.6 Å². The topological polar surface area (TPSA) is 109 Å². The van der Waals surface area contributed by atoms with E-state index < -0.39 is 19.8 Å². The van der Waals surface area contributed by atoms with Gasteiger partial charge in [-0.2, -0.15) is 0 Å². The van der Waals surface area contributed by atoms with E-state index in [4.69, 9.17) is 29.9 Å². The molecule has 6 rings (SSSR count). The van der Waals surface area contributed by atoms with Crippen LogP contribution in [0, 0.1) is 7.27 Å². The number of anilines is 2. The van der Waals surface area contributed by atoms with E-state index in [1.807, 2.05) is 0 Å². The first-order chi connectivity index (χ1) is 14.2. The number of fused-ring (bicyclic) bond motifs is 4. The molecule has 0 radical (unpaired) electrons. The van der Waals surface area contributed by atoms with Crippen LogP contribution in [0.2, 0.25) is 0 Å². The Balaban J connectivity index is 1.50. The SMILES string of the molecule is Nc1ncc(-c2nc(N3CCOCC3)c3c(n2)I2CCOC4(COC4)C2=I3)cn1. The maximum absolute atomic E-state index is 6.25. The summed E-state index contributed by atoms with van der Waals surface area (Å²) in [5, 5.41) is 0. The molecule has 29 heavy (non-hydrogen) atoms. The van der Waals surface area contributed by atoms with Gasteiger partial charge in [-0.25, -0.2) is 0 Å². The number of alkyl halides is 1. The van der Waals surface area contributed by atoms with Gasteiger partial charge in [-0.05, 0) is 0 Å². The van der Waals surface area contributed by atoms with Gasteiger partial charge in [0.2, 0.25) is 0 Å². The number of aromatic nitrogens is 4. The summed E-state index contributed by atoms with van der Waals surface area (Å²) in [5.74, 6) is 2.06. The van der Waals surface area contributed by atoms with Gasteiger partial charge >= 0.3 is 186 Å². The zero-order valence-corrected chi connectivity index (χ0v) is 19.9. The van der Waals surface area contributed by atoms with Crippen molar-refractivity contribution >= 4 is 53.8 Å². The molecular formula is C18H20I2N6O3. The van der Waals surface area contributed by atoms with E-state index in [2.05, 4.69) is 14.9 Å². The molecule has 2 N–H and O–H groups in total. The average molecular weight is 622 g/mol. The molecule has 3 saturated heterocycles. The number of hydrogen-bond acceptors (Lipinski definition) is 9. The Hall–Kier alpha value is -1.03. The Morgan fingerprint density at radius 3 is 2.59 bits per heavy atom. The number of nitrogens with two attached hydrogens (primary N) is 1. The molecule has 0 unspecified atom stereocenters. The Morgan fingerprint density at radius 2 is 1.86 bits per heavy atom. The fraction of sp³-hybridized carbons (Fsp3) is 0.500. The molecule has 154 valence electrons. The molecular weight excluding hydrogens is 602 g/mol. The van der Waals surface area contributed by atoms with Gasteiger partial charge in [0.25, 0.3) is 0 Å². The average Bonchev–Trinajstić information content (AvgIpc) is 3.12. The van der Waals surface area contributed by atoms with Crippen LogP contribution in [0.3, 0.4) is 0 Å². The second-order valence-electron chi connectivity index (χ2n) is 7.15. The third kappa shape index (κ3) is 3.07. The van der Waals surface area contributed by atoms with E-state index >= 15 is 0 Å². The van der Waals surface area contributed by atoms with Crippen molar-refractivity contribution in [2.75, 3.05) is 61.2 Å². The predicted molar refractivity (Wildman–Crippen MR) is 125 cm³/mol. The summed E-state index contributed by atoms with van der Waals surface area (Å²) in [5.41, 5.74) is 6.37. The van der Waals surface area contributed by atoms with Crippen LogP contribution in [0.1, 0.15) is 0 Å². The number of hydrogen-bond donors (Lipinski definition) is 1. The normalized spacial score (nSPS) is 23.7. The van der Waals surface area contributed by atoms with Crippen LogP contribution in [-0.4, -0.2) is 77.6 Å². The zero-order chi connectivity index (χ0) is 19.4. The summed E-state index contributed by atoms with van der Waals surface area (Å²) >= 11 is -1.85. The quantitative estimate of drug-likeness (QED) is 0.300. The van der Waals surface area contributed by atoms with Gasteiger partial charge in [0.05, 0.1) is 0 Å². The maximum atomic E-state index is 6.25. The number of nitrogens with zero attached hydrogens (tertiary/aromatic N) is 5. The monoisotopic (exact) mass is 622 g/mol. The van der Waals surface area contributed by atoms with E-state index in [0.29, 0.717) is 19.0 Å². The van der Waals surface area contributed by atoms with Gasteiger partial charge in [-0.3, -0.25) is 0 Å². The summed E-state index contributed by atoms with van der Waals surface area (Å²) < 4.78 is 22.9. The Kier molecular flexibility index (Phi) is 4.70. The molecule has 4 aliphatic rings. The zero-order valence-electron chi connectivity index (χ0n) is 15.6. The second kappa shape index (κ2) is 7.28. The van der Waals surface area contributed by atoms with Crippen molar-refractivity contribution in [1.82, 2.24) is 19.9 Å². The molecule has 0 atom stereocenters. The van der Waals surface area contributed by atoms with Gasteiger partial charge in [0.15, 0.2) is 0 Å². The summed E-state index contributed by atoms with van der Waals surface area (Å²) in [6.07, 6.45) is 3.44. The van der Waals surface area contributed by atoms with Crippen molar-refractivity contribution in [3.8, 4) is 11.4 Å². The van der Waals surface area contributed by atoms with Gasteiger partial charge in [0.1, 0.15) is 0 Å². The molecule has 9 nitrogen and oxygen atoms in total. The second-order valence-corrected chi connectivity index (χ2v) is 17.2. The van der Waals surface area contributed by atoms with E-state index in [-0.39, 0.29) is 32.3 Å². The standard InChI is InChI=1S/C18H20I2N6O3/c21-17-22-7-11(8-23-17)14-24-13-12(15(25-14)26-2-5-27-6-3-26)19-16-18(9-28-10-18)29-4-1-20(13)16/h7-8H,1-6,9-10H2,(H2,21,22,23). The number of morpholine rings is 1. The van der Waals surface area contributed by atoms with Crippen LogP contribution >= 0.6 is 40.6 Å². The first-order valence-corrected chi connectivity index (χ1v) is 15.3. The van der Waals surface area contributed by atoms with Crippen LogP contribution in [0.15, 0.2) is 12.4 Å². The van der Waals surface area contributed by atoms with Crippen molar-refractivity contribution in [3.63, 3.8) is 0 Å². The van der Waals surface area contributed by atoms with E-state index in [1.54, 1.807) is 13.9 Å². The molecule has 1 spiro atoms. The summed E-state index contributed by atoms with van der Waals surface area (Å²) in [4.78, 5) is 20.8. The summed E-state index contributed by atoms with van der Waals surface area (Å²) in [7, 11) is 0. The molecule has 0 bridgehead atoms. The fourth-order valence-corrected chi connectivity index (χ4v) is 19.5. The van der Waals surface area contributed by atoms with Crippen molar-refractivity contribution < 1.29 is 14.2 Å². The molecule has 2 aromatic rings. The number of halogens is 2. The minimum absolute atomic E-state index is 0.121. The first-order valence-electron chi connectivity index (χ1n) is 9.46. The molecule has 2 aromatic heterocycles. The minimum atomic E-state index is -1.55. The molecule has 6 heterocycles. The van der Waals surface area contributed by atoms with Crippen molar-refractivity contribution in [1.29, 1.82) is 0 Å². The van der Waals surface area contributed by atoms with E-state index in [1.165, 1.54) is 7.27 Å². The molecule has 11 heteroatoms. The van der Waals surface area contributed by atoms with Gasteiger partial charge in [-0.1, -0.05) is 0 Å². The molecule has 4 aliphatic heterocycles. The van der Waals surface area contributed by atoms with Crippen LogP contribution in [-0.2, 0) is 14.2 Å². The fourth-order valence-electron chi connectivity index (χ4n) is 3.73. The van der Waals surface area contributed by atoms with E-state index in [0.717, 1.165) is 48.7 Å². The number of nitrogen functional groups attached to an aromatic ring is 1. The molecule has 0 aliphatic carbocycles. The summed E-state index contributed by atoms with van der Waals surface area (Å²) in [6.45, 7) is 5.43. The molecule has 0 saturated carbocycles. The third-order valence-electron chi connectivity index (χ3n) is 5.29. The van der Waals surface area contributed by atoms with Crippen molar-refractivity contribution in [2.24, 2.45) is 0 Å². The van der Waals surface area contributed by atoms with Crippen LogP contribution in [0.25, 0.3) is 11.4 Å². The van der Waals surface area contributed by atoms with Crippen molar-refractivity contribution in [3.05, 3.63) is 19.7 Å². The van der Waals surface area contributed by atoms with E-state index in [9.17, 15) is 0 Å². The Labute approximate surface area is 184 Å². The Bertz CT molecular complexity index is 992. The van der Waals surface area contributed by atoms with Crippen LogP contribution in [0.4, 0.5) is 11.8 Å². The molecule has 3 fully saturated rings. The number of ether oxygens (including phenoxy) is 3. The van der Waals surface area contributed by atoms with Gasteiger partial charge < -0.3 is 0 Å². The van der Waals surface area contributed by atoms with Gasteiger partial charge in [0, 0.05) is 0 Å². The molecule has 0 aromatic carbocycles. The van der Waals surface area contributed by atoms with Crippen molar-refractivity contribution in [2.45, 2.75) is 5.60 Å². The summed E-state index contributed by atoms with van der Waals surface area (Å²) in [6, 6.07) is 0. The number of rotatable bonds is 2. The van der Waals surface area contributed by atoms with Crippen LogP contribution in [0.5, 0.6) is 0 Å². The first kappa shape index (κ1) is 18.7. The van der Waals surface area contributed by atoms with Gasteiger partial charge in [-0.15, -0.1) is 0 Å². The third-order valence-corrected chi connectivity index (χ3v) is 19.6.